The minimum atomic E-state index is -0.0455. The van der Waals surface area contributed by atoms with Crippen molar-refractivity contribution < 1.29 is 9.53 Å². The highest BCUT2D eigenvalue weighted by Gasteiger charge is 1.99. The van der Waals surface area contributed by atoms with E-state index in [9.17, 15) is 4.79 Å². The van der Waals surface area contributed by atoms with E-state index in [0.717, 1.165) is 50.4 Å². The van der Waals surface area contributed by atoms with Gasteiger partial charge in [-0.25, -0.2) is 0 Å². The maximum atomic E-state index is 11.8. The number of rotatable bonds is 11. The Balaban J connectivity index is 2.29. The summed E-state index contributed by atoms with van der Waals surface area (Å²) in [5, 5.41) is 2.92. The molecule has 0 heterocycles. The van der Waals surface area contributed by atoms with Gasteiger partial charge in [-0.05, 0) is 56.2 Å². The van der Waals surface area contributed by atoms with Crippen LogP contribution in [-0.2, 0) is 4.79 Å². The normalized spacial score (nSPS) is 11.1. The summed E-state index contributed by atoms with van der Waals surface area (Å²) in [5.74, 6) is 0.820. The zero-order chi connectivity index (χ0) is 16.9. The number of nitrogens with zero attached hydrogens (tertiary/aromatic N) is 1. The van der Waals surface area contributed by atoms with Crippen molar-refractivity contribution in [3.8, 4) is 5.75 Å². The van der Waals surface area contributed by atoms with Gasteiger partial charge in [0, 0.05) is 12.6 Å². The molecule has 23 heavy (non-hydrogen) atoms. The van der Waals surface area contributed by atoms with Gasteiger partial charge in [-0.1, -0.05) is 32.9 Å². The fraction of sp³-hybridized carbons (Fsp3) is 0.526. The highest BCUT2D eigenvalue weighted by molar-refractivity contribution is 5.91. The van der Waals surface area contributed by atoms with Crippen LogP contribution >= 0.6 is 0 Å². The number of carbonyl (C=O) groups is 1. The van der Waals surface area contributed by atoms with E-state index in [2.05, 4.69) is 31.0 Å². The maximum Gasteiger partial charge on any atom is 0.243 e. The standard InChI is InChI=1S/C19H30N2O2/c1-4-16-23-18-11-8-17(9-12-18)10-13-19(22)20-14-7-15-21(5-2)6-3/h8-13H,4-7,14-16H2,1-3H3,(H,20,22)/b13-10+. The first kappa shape index (κ1) is 19.2. The molecule has 0 atom stereocenters. The SMILES string of the molecule is CCCOc1ccc(/C=C/C(=O)NCCCN(CC)CC)cc1. The molecule has 0 radical (unpaired) electrons. The summed E-state index contributed by atoms with van der Waals surface area (Å²) in [6, 6.07) is 7.76. The molecule has 1 amide bonds. The molecule has 0 unspecified atom stereocenters. The second kappa shape index (κ2) is 11.7. The number of amides is 1. The summed E-state index contributed by atoms with van der Waals surface area (Å²) in [5.41, 5.74) is 0.993. The van der Waals surface area contributed by atoms with Crippen LogP contribution in [0.1, 0.15) is 39.2 Å². The van der Waals surface area contributed by atoms with Gasteiger partial charge in [0.15, 0.2) is 0 Å². The molecule has 0 aliphatic carbocycles. The lowest BCUT2D eigenvalue weighted by Gasteiger charge is -2.17. The number of ether oxygens (including phenoxy) is 1. The molecule has 4 nitrogen and oxygen atoms in total. The molecule has 1 N–H and O–H groups in total. The Bertz CT molecular complexity index is 465. The zero-order valence-corrected chi connectivity index (χ0v) is 14.7. The van der Waals surface area contributed by atoms with Crippen LogP contribution in [0.2, 0.25) is 0 Å². The zero-order valence-electron chi connectivity index (χ0n) is 14.7. The molecule has 1 rings (SSSR count). The molecule has 1 aromatic carbocycles. The van der Waals surface area contributed by atoms with Crippen LogP contribution in [0, 0.1) is 0 Å². The van der Waals surface area contributed by atoms with Gasteiger partial charge in [0.1, 0.15) is 5.75 Å². The molecule has 0 aliphatic rings. The molecular formula is C19H30N2O2. The fourth-order valence-electron chi connectivity index (χ4n) is 2.18. The Hall–Kier alpha value is -1.81. The average molecular weight is 318 g/mol. The lowest BCUT2D eigenvalue weighted by Crippen LogP contribution is -2.29. The number of benzene rings is 1. The van der Waals surface area contributed by atoms with E-state index in [4.69, 9.17) is 4.74 Å². The summed E-state index contributed by atoms with van der Waals surface area (Å²) in [6.07, 6.45) is 5.38. The highest BCUT2D eigenvalue weighted by atomic mass is 16.5. The van der Waals surface area contributed by atoms with Crippen molar-refractivity contribution in [2.24, 2.45) is 0 Å². The Labute approximate surface area is 140 Å². The quantitative estimate of drug-likeness (QED) is 0.502. The number of carbonyl (C=O) groups excluding carboxylic acids is 1. The lowest BCUT2D eigenvalue weighted by molar-refractivity contribution is -0.116. The van der Waals surface area contributed by atoms with Gasteiger partial charge < -0.3 is 15.0 Å². The summed E-state index contributed by atoms with van der Waals surface area (Å²) in [4.78, 5) is 14.1. The van der Waals surface area contributed by atoms with Crippen molar-refractivity contribution in [1.29, 1.82) is 0 Å². The van der Waals surface area contributed by atoms with Crippen molar-refractivity contribution in [3.05, 3.63) is 35.9 Å². The van der Waals surface area contributed by atoms with E-state index in [0.29, 0.717) is 6.54 Å². The molecule has 0 aromatic heterocycles. The van der Waals surface area contributed by atoms with E-state index in [-0.39, 0.29) is 5.91 Å². The molecule has 4 heteroatoms. The van der Waals surface area contributed by atoms with Gasteiger partial charge in [0.25, 0.3) is 0 Å². The van der Waals surface area contributed by atoms with E-state index in [1.165, 1.54) is 0 Å². The van der Waals surface area contributed by atoms with Crippen LogP contribution < -0.4 is 10.1 Å². The van der Waals surface area contributed by atoms with Crippen LogP contribution in [0.15, 0.2) is 30.3 Å². The largest absolute Gasteiger partial charge is 0.494 e. The van der Waals surface area contributed by atoms with Crippen LogP contribution in [0.4, 0.5) is 0 Å². The van der Waals surface area contributed by atoms with Crippen LogP contribution in [-0.4, -0.2) is 43.6 Å². The first-order valence-electron chi connectivity index (χ1n) is 8.60. The first-order chi connectivity index (χ1) is 11.2. The van der Waals surface area contributed by atoms with Crippen LogP contribution in [0.5, 0.6) is 5.75 Å². The fourth-order valence-corrected chi connectivity index (χ4v) is 2.18. The number of hydrogen-bond acceptors (Lipinski definition) is 3. The Kier molecular flexibility index (Phi) is 9.80. The highest BCUT2D eigenvalue weighted by Crippen LogP contribution is 2.13. The molecule has 1 aromatic rings. The second-order valence-electron chi connectivity index (χ2n) is 5.42. The minimum Gasteiger partial charge on any atom is -0.494 e. The van der Waals surface area contributed by atoms with Gasteiger partial charge in [-0.2, -0.15) is 0 Å². The van der Waals surface area contributed by atoms with Crippen LogP contribution in [0.25, 0.3) is 6.08 Å². The maximum absolute atomic E-state index is 11.8. The molecule has 0 bridgehead atoms. The van der Waals surface area contributed by atoms with Crippen LogP contribution in [0.3, 0.4) is 0 Å². The third-order valence-corrected chi connectivity index (χ3v) is 3.62. The monoisotopic (exact) mass is 318 g/mol. The van der Waals surface area contributed by atoms with E-state index < -0.39 is 0 Å². The third-order valence-electron chi connectivity index (χ3n) is 3.62. The lowest BCUT2D eigenvalue weighted by atomic mass is 10.2. The molecule has 0 saturated carbocycles. The minimum absolute atomic E-state index is 0.0455. The Morgan fingerprint density at radius 1 is 1.17 bits per heavy atom. The molecule has 128 valence electrons. The topological polar surface area (TPSA) is 41.6 Å². The van der Waals surface area contributed by atoms with Crippen molar-refractivity contribution in [2.45, 2.75) is 33.6 Å². The van der Waals surface area contributed by atoms with E-state index in [1.807, 2.05) is 30.3 Å². The summed E-state index contributed by atoms with van der Waals surface area (Å²) < 4.78 is 5.53. The van der Waals surface area contributed by atoms with Gasteiger partial charge >= 0.3 is 0 Å². The summed E-state index contributed by atoms with van der Waals surface area (Å²) >= 11 is 0. The smallest absolute Gasteiger partial charge is 0.243 e. The average Bonchev–Trinajstić information content (AvgIpc) is 2.59. The molecule has 0 fully saturated rings. The van der Waals surface area contributed by atoms with Crippen molar-refractivity contribution in [1.82, 2.24) is 10.2 Å². The Morgan fingerprint density at radius 2 is 1.87 bits per heavy atom. The van der Waals surface area contributed by atoms with Gasteiger partial charge in [0.2, 0.25) is 5.91 Å². The van der Waals surface area contributed by atoms with Gasteiger partial charge in [-0.3, -0.25) is 4.79 Å². The molecule has 0 spiro atoms. The molecule has 0 aliphatic heterocycles. The van der Waals surface area contributed by atoms with E-state index >= 15 is 0 Å². The predicted octanol–water partition coefficient (Wildman–Crippen LogP) is 3.34. The van der Waals surface area contributed by atoms with Crippen molar-refractivity contribution in [3.63, 3.8) is 0 Å². The Morgan fingerprint density at radius 3 is 2.48 bits per heavy atom. The van der Waals surface area contributed by atoms with Gasteiger partial charge in [0.05, 0.1) is 6.61 Å². The third kappa shape index (κ3) is 8.41. The van der Waals surface area contributed by atoms with E-state index in [1.54, 1.807) is 6.08 Å². The molecule has 0 saturated heterocycles. The molecular weight excluding hydrogens is 288 g/mol. The number of nitrogens with one attached hydrogen (secondary N) is 1. The van der Waals surface area contributed by atoms with Gasteiger partial charge in [-0.15, -0.1) is 0 Å². The number of hydrogen-bond donors (Lipinski definition) is 1. The van der Waals surface area contributed by atoms with Crippen molar-refractivity contribution in [2.75, 3.05) is 32.8 Å². The summed E-state index contributed by atoms with van der Waals surface area (Å²) in [7, 11) is 0. The predicted molar refractivity (Wildman–Crippen MR) is 96.7 cm³/mol. The first-order valence-corrected chi connectivity index (χ1v) is 8.60. The second-order valence-corrected chi connectivity index (χ2v) is 5.42. The van der Waals surface area contributed by atoms with Crippen molar-refractivity contribution >= 4 is 12.0 Å². The summed E-state index contributed by atoms with van der Waals surface area (Å²) in [6.45, 7) is 11.0.